The van der Waals surface area contributed by atoms with Gasteiger partial charge in [-0.25, -0.2) is 0 Å². The van der Waals surface area contributed by atoms with E-state index in [1.807, 2.05) is 0 Å². The smallest absolute Gasteiger partial charge is 0.352 e. The quantitative estimate of drug-likeness (QED) is 0.471. The highest BCUT2D eigenvalue weighted by Crippen LogP contribution is 2.31. The molecule has 3 nitrogen and oxygen atoms in total. The van der Waals surface area contributed by atoms with Gasteiger partial charge in [-0.3, -0.25) is 9.69 Å². The number of nitrogens with one attached hydrogen (secondary N) is 1. The molecule has 1 fully saturated rings. The van der Waals surface area contributed by atoms with Gasteiger partial charge in [0.15, 0.2) is 4.05 Å². The Kier molecular flexibility index (Phi) is 4.21. The van der Waals surface area contributed by atoms with E-state index in [0.29, 0.717) is 13.0 Å². The Bertz CT molecular complexity index is 247. The van der Waals surface area contributed by atoms with Crippen LogP contribution in [-0.4, -0.2) is 40.2 Å². The van der Waals surface area contributed by atoms with Gasteiger partial charge in [-0.1, -0.05) is 22.6 Å². The zero-order valence-electron chi connectivity index (χ0n) is 8.14. The molecule has 0 saturated carbocycles. The summed E-state index contributed by atoms with van der Waals surface area (Å²) in [7, 11) is 0. The molecular weight excluding hydrogens is 324 g/mol. The molecule has 1 heterocycles. The number of halogens is 4. The normalized spacial score (nSPS) is 25.3. The van der Waals surface area contributed by atoms with Gasteiger partial charge in [0.05, 0.1) is 0 Å². The average Bonchev–Trinajstić information content (AvgIpc) is 2.48. The predicted octanol–water partition coefficient (Wildman–Crippen LogP) is 1.52. The molecule has 0 aliphatic carbocycles. The standard InChI is InChI=1S/C8H12F3IN2O/c1-5(15)13-6-2-3-14(4-6)7(12)8(9,10)11/h6-7H,2-4H2,1H3,(H,13,15). The summed E-state index contributed by atoms with van der Waals surface area (Å²) in [6.07, 6.45) is -3.62. The topological polar surface area (TPSA) is 32.3 Å². The lowest BCUT2D eigenvalue weighted by molar-refractivity contribution is -0.150. The van der Waals surface area contributed by atoms with Crippen LogP contribution >= 0.6 is 22.6 Å². The van der Waals surface area contributed by atoms with Gasteiger partial charge in [-0.2, -0.15) is 13.2 Å². The molecule has 1 rings (SSSR count). The van der Waals surface area contributed by atoms with Crippen molar-refractivity contribution in [2.24, 2.45) is 0 Å². The molecule has 0 aromatic carbocycles. The van der Waals surface area contributed by atoms with Gasteiger partial charge in [0, 0.05) is 26.1 Å². The average molecular weight is 336 g/mol. The van der Waals surface area contributed by atoms with E-state index in [4.69, 9.17) is 0 Å². The van der Waals surface area contributed by atoms with Gasteiger partial charge < -0.3 is 5.32 Å². The Morgan fingerprint density at radius 3 is 2.67 bits per heavy atom. The number of nitrogens with zero attached hydrogens (tertiary/aromatic N) is 1. The second-order valence-electron chi connectivity index (χ2n) is 3.56. The van der Waals surface area contributed by atoms with E-state index in [-0.39, 0.29) is 18.5 Å². The number of hydrogen-bond donors (Lipinski definition) is 1. The minimum Gasteiger partial charge on any atom is -0.352 e. The monoisotopic (exact) mass is 336 g/mol. The maximum absolute atomic E-state index is 12.4. The molecule has 2 unspecified atom stereocenters. The maximum Gasteiger partial charge on any atom is 0.413 e. The van der Waals surface area contributed by atoms with Crippen molar-refractivity contribution in [3.05, 3.63) is 0 Å². The number of rotatable bonds is 2. The van der Waals surface area contributed by atoms with E-state index in [1.54, 1.807) is 0 Å². The van der Waals surface area contributed by atoms with Crippen molar-refractivity contribution in [1.29, 1.82) is 0 Å². The largest absolute Gasteiger partial charge is 0.413 e. The lowest BCUT2D eigenvalue weighted by Gasteiger charge is -2.24. The summed E-state index contributed by atoms with van der Waals surface area (Å²) in [6, 6.07) is -0.151. The van der Waals surface area contributed by atoms with Gasteiger partial charge in [-0.15, -0.1) is 0 Å². The van der Waals surface area contributed by atoms with Crippen LogP contribution in [0.5, 0.6) is 0 Å². The first-order valence-electron chi connectivity index (χ1n) is 4.52. The minimum atomic E-state index is -4.20. The van der Waals surface area contributed by atoms with Crippen LogP contribution in [0.25, 0.3) is 0 Å². The molecule has 0 radical (unpaired) electrons. The fourth-order valence-corrected chi connectivity index (χ4v) is 2.11. The summed E-state index contributed by atoms with van der Waals surface area (Å²) in [5.41, 5.74) is 0. The highest BCUT2D eigenvalue weighted by atomic mass is 127. The van der Waals surface area contributed by atoms with E-state index in [9.17, 15) is 18.0 Å². The highest BCUT2D eigenvalue weighted by Gasteiger charge is 2.43. The second kappa shape index (κ2) is 4.86. The molecule has 0 aromatic heterocycles. The fraction of sp³-hybridized carbons (Fsp3) is 0.875. The summed E-state index contributed by atoms with van der Waals surface area (Å²) in [4.78, 5) is 12.1. The second-order valence-corrected chi connectivity index (χ2v) is 4.74. The van der Waals surface area contributed by atoms with E-state index in [1.165, 1.54) is 34.4 Å². The lowest BCUT2D eigenvalue weighted by atomic mass is 10.3. The first-order chi connectivity index (χ1) is 6.80. The number of alkyl halides is 4. The zero-order valence-corrected chi connectivity index (χ0v) is 10.3. The summed E-state index contributed by atoms with van der Waals surface area (Å²) in [6.45, 7) is 2.01. The van der Waals surface area contributed by atoms with Crippen molar-refractivity contribution in [3.8, 4) is 0 Å². The van der Waals surface area contributed by atoms with Gasteiger partial charge in [0.2, 0.25) is 5.91 Å². The van der Waals surface area contributed by atoms with E-state index >= 15 is 0 Å². The Morgan fingerprint density at radius 1 is 1.60 bits per heavy atom. The van der Waals surface area contributed by atoms with Crippen LogP contribution in [0.1, 0.15) is 13.3 Å². The fourth-order valence-electron chi connectivity index (χ4n) is 1.61. The van der Waals surface area contributed by atoms with Gasteiger partial charge >= 0.3 is 6.18 Å². The molecule has 0 spiro atoms. The molecule has 1 saturated heterocycles. The zero-order chi connectivity index (χ0) is 11.6. The van der Waals surface area contributed by atoms with Crippen LogP contribution in [0, 0.1) is 0 Å². The van der Waals surface area contributed by atoms with Crippen LogP contribution in [0.15, 0.2) is 0 Å². The van der Waals surface area contributed by atoms with Gasteiger partial charge in [0.25, 0.3) is 0 Å². The molecule has 0 bridgehead atoms. The van der Waals surface area contributed by atoms with Crippen LogP contribution in [0.4, 0.5) is 13.2 Å². The summed E-state index contributed by atoms with van der Waals surface area (Å²) < 4.78 is 35.6. The lowest BCUT2D eigenvalue weighted by Crippen LogP contribution is -2.42. The van der Waals surface area contributed by atoms with Crippen LogP contribution in [0.3, 0.4) is 0 Å². The molecule has 2 atom stereocenters. The number of carbonyl (C=O) groups is 1. The molecular formula is C8H12F3IN2O. The van der Waals surface area contributed by atoms with Crippen molar-refractivity contribution in [3.63, 3.8) is 0 Å². The summed E-state index contributed by atoms with van der Waals surface area (Å²) >= 11 is 1.38. The summed E-state index contributed by atoms with van der Waals surface area (Å²) in [5, 5.41) is 2.63. The van der Waals surface area contributed by atoms with Crippen molar-refractivity contribution in [2.75, 3.05) is 13.1 Å². The van der Waals surface area contributed by atoms with Crippen LogP contribution < -0.4 is 5.32 Å². The molecule has 15 heavy (non-hydrogen) atoms. The van der Waals surface area contributed by atoms with Crippen molar-refractivity contribution in [1.82, 2.24) is 10.2 Å². The number of likely N-dealkylation sites (tertiary alicyclic amines) is 1. The molecule has 1 aliphatic rings. The third-order valence-corrected chi connectivity index (χ3v) is 3.71. The van der Waals surface area contributed by atoms with Crippen molar-refractivity contribution in [2.45, 2.75) is 29.6 Å². The number of amides is 1. The van der Waals surface area contributed by atoms with E-state index in [0.717, 1.165) is 0 Å². The van der Waals surface area contributed by atoms with Gasteiger partial charge in [0.1, 0.15) is 0 Å². The Balaban J connectivity index is 2.46. The molecule has 0 aromatic rings. The van der Waals surface area contributed by atoms with Crippen LogP contribution in [-0.2, 0) is 4.79 Å². The minimum absolute atomic E-state index is 0.151. The summed E-state index contributed by atoms with van der Waals surface area (Å²) in [5.74, 6) is -0.195. The predicted molar refractivity (Wildman–Crippen MR) is 57.7 cm³/mol. The molecule has 1 amide bonds. The maximum atomic E-state index is 12.4. The Labute approximate surface area is 99.5 Å². The first kappa shape index (κ1) is 13.0. The van der Waals surface area contributed by atoms with Crippen molar-refractivity contribution >= 4 is 28.5 Å². The van der Waals surface area contributed by atoms with Crippen molar-refractivity contribution < 1.29 is 18.0 Å². The Morgan fingerprint density at radius 2 is 2.20 bits per heavy atom. The third kappa shape index (κ3) is 3.78. The SMILES string of the molecule is CC(=O)NC1CCN(C(I)C(F)(F)F)C1. The first-order valence-corrected chi connectivity index (χ1v) is 5.77. The molecule has 7 heteroatoms. The van der Waals surface area contributed by atoms with Gasteiger partial charge in [-0.05, 0) is 6.42 Å². The highest BCUT2D eigenvalue weighted by molar-refractivity contribution is 14.1. The van der Waals surface area contributed by atoms with E-state index in [2.05, 4.69) is 5.32 Å². The molecule has 1 aliphatic heterocycles. The molecule has 1 N–H and O–H groups in total. The third-order valence-electron chi connectivity index (χ3n) is 2.22. The van der Waals surface area contributed by atoms with Crippen LogP contribution in [0.2, 0.25) is 0 Å². The number of carbonyl (C=O) groups excluding carboxylic acids is 1. The molecule has 88 valence electrons. The van der Waals surface area contributed by atoms with E-state index < -0.39 is 10.2 Å². The number of hydrogen-bond acceptors (Lipinski definition) is 2. The Hall–Kier alpha value is -0.0500.